The second-order valence-corrected chi connectivity index (χ2v) is 5.20. The van der Waals surface area contributed by atoms with Crippen LogP contribution in [0.3, 0.4) is 0 Å². The van der Waals surface area contributed by atoms with Gasteiger partial charge in [0.05, 0.1) is 0 Å². The first-order valence-electron chi connectivity index (χ1n) is 6.74. The van der Waals surface area contributed by atoms with Gasteiger partial charge in [-0.1, -0.05) is 31.0 Å². The fourth-order valence-corrected chi connectivity index (χ4v) is 2.30. The molecule has 0 spiro atoms. The summed E-state index contributed by atoms with van der Waals surface area (Å²) in [5.41, 5.74) is 1.42. The van der Waals surface area contributed by atoms with Gasteiger partial charge in [0.25, 0.3) is 5.91 Å². The molecular weight excluding hydrogens is 262 g/mol. The number of aliphatic hydroxyl groups excluding tert-OH is 1. The Hall–Kier alpha value is -1.06. The van der Waals surface area contributed by atoms with Crippen LogP contribution in [-0.4, -0.2) is 24.2 Å². The Bertz CT molecular complexity index is 415. The number of halogens is 1. The van der Waals surface area contributed by atoms with E-state index < -0.39 is 0 Å². The number of rotatable bonds is 7. The molecule has 1 rings (SSSR count). The van der Waals surface area contributed by atoms with E-state index in [0.717, 1.165) is 24.8 Å². The molecule has 1 amide bonds. The molecule has 1 aromatic rings. The minimum Gasteiger partial charge on any atom is -0.396 e. The summed E-state index contributed by atoms with van der Waals surface area (Å²) in [4.78, 5) is 12.1. The minimum atomic E-state index is -0.0981. The molecule has 0 saturated carbocycles. The molecule has 0 aliphatic heterocycles. The highest BCUT2D eigenvalue weighted by atomic mass is 35.5. The van der Waals surface area contributed by atoms with Crippen molar-refractivity contribution in [3.8, 4) is 0 Å². The molecule has 19 heavy (non-hydrogen) atoms. The number of hydrogen-bond donors (Lipinski definition) is 2. The summed E-state index contributed by atoms with van der Waals surface area (Å²) in [6, 6.07) is 5.33. The summed E-state index contributed by atoms with van der Waals surface area (Å²) in [6.07, 6.45) is 2.79. The molecule has 0 aliphatic rings. The zero-order valence-corrected chi connectivity index (χ0v) is 12.3. The van der Waals surface area contributed by atoms with Crippen LogP contribution in [0.5, 0.6) is 0 Å². The molecule has 3 nitrogen and oxygen atoms in total. The fraction of sp³-hybridized carbons (Fsp3) is 0.533. The maximum absolute atomic E-state index is 12.1. The van der Waals surface area contributed by atoms with Gasteiger partial charge >= 0.3 is 0 Å². The Balaban J connectivity index is 2.61. The molecule has 4 heteroatoms. The van der Waals surface area contributed by atoms with Crippen molar-refractivity contribution in [1.82, 2.24) is 5.32 Å². The van der Waals surface area contributed by atoms with Crippen molar-refractivity contribution in [1.29, 1.82) is 0 Å². The fourth-order valence-electron chi connectivity index (χ4n) is 2.12. The van der Waals surface area contributed by atoms with E-state index in [-0.39, 0.29) is 12.5 Å². The van der Waals surface area contributed by atoms with E-state index in [2.05, 4.69) is 12.2 Å². The zero-order valence-electron chi connectivity index (χ0n) is 11.6. The van der Waals surface area contributed by atoms with Gasteiger partial charge < -0.3 is 10.4 Å². The Kier molecular flexibility index (Phi) is 6.89. The van der Waals surface area contributed by atoms with Crippen molar-refractivity contribution in [2.75, 3.05) is 13.2 Å². The molecule has 0 fully saturated rings. The van der Waals surface area contributed by atoms with E-state index in [1.807, 2.05) is 6.92 Å². The predicted molar refractivity (Wildman–Crippen MR) is 78.6 cm³/mol. The Morgan fingerprint density at radius 3 is 2.79 bits per heavy atom. The van der Waals surface area contributed by atoms with E-state index in [0.29, 0.717) is 23.0 Å². The van der Waals surface area contributed by atoms with E-state index in [4.69, 9.17) is 16.7 Å². The molecule has 0 radical (unpaired) electrons. The summed E-state index contributed by atoms with van der Waals surface area (Å²) < 4.78 is 0. The third-order valence-corrected chi connectivity index (χ3v) is 3.71. The standard InChI is InChI=1S/C15H22ClNO2/c1-3-5-12(8-9-18)10-17-15(19)13-6-4-7-14(16)11(13)2/h4,6-7,12,18H,3,5,8-10H2,1-2H3,(H,17,19). The van der Waals surface area contributed by atoms with Crippen LogP contribution < -0.4 is 5.32 Å². The SMILES string of the molecule is CCCC(CCO)CNC(=O)c1cccc(Cl)c1C. The first-order chi connectivity index (χ1) is 9.10. The monoisotopic (exact) mass is 283 g/mol. The molecule has 0 heterocycles. The van der Waals surface area contributed by atoms with Crippen LogP contribution in [0, 0.1) is 12.8 Å². The normalized spacial score (nSPS) is 12.2. The lowest BCUT2D eigenvalue weighted by atomic mass is 10.00. The summed E-state index contributed by atoms with van der Waals surface area (Å²) in [5.74, 6) is 0.234. The topological polar surface area (TPSA) is 49.3 Å². The molecule has 0 bridgehead atoms. The van der Waals surface area contributed by atoms with Crippen LogP contribution in [-0.2, 0) is 0 Å². The molecule has 0 aliphatic carbocycles. The minimum absolute atomic E-state index is 0.0981. The van der Waals surface area contributed by atoms with Crippen LogP contribution in [0.25, 0.3) is 0 Å². The van der Waals surface area contributed by atoms with Gasteiger partial charge in [-0.25, -0.2) is 0 Å². The van der Waals surface area contributed by atoms with Crippen LogP contribution >= 0.6 is 11.6 Å². The molecule has 0 saturated heterocycles. The van der Waals surface area contributed by atoms with Gasteiger partial charge in [-0.3, -0.25) is 4.79 Å². The van der Waals surface area contributed by atoms with Crippen LogP contribution in [0.2, 0.25) is 5.02 Å². The highest BCUT2D eigenvalue weighted by Gasteiger charge is 2.13. The highest BCUT2D eigenvalue weighted by molar-refractivity contribution is 6.31. The lowest BCUT2D eigenvalue weighted by Gasteiger charge is -2.16. The predicted octanol–water partition coefficient (Wildman–Crippen LogP) is 3.18. The average Bonchev–Trinajstić information content (AvgIpc) is 2.39. The number of benzene rings is 1. The van der Waals surface area contributed by atoms with E-state index in [1.165, 1.54) is 0 Å². The Labute approximate surface area is 120 Å². The molecule has 0 aromatic heterocycles. The second-order valence-electron chi connectivity index (χ2n) is 4.79. The van der Waals surface area contributed by atoms with Crippen molar-refractivity contribution in [2.45, 2.75) is 33.1 Å². The summed E-state index contributed by atoms with van der Waals surface area (Å²) >= 11 is 6.01. The quantitative estimate of drug-likeness (QED) is 0.807. The molecular formula is C15H22ClNO2. The second kappa shape index (κ2) is 8.18. The third-order valence-electron chi connectivity index (χ3n) is 3.30. The number of nitrogens with one attached hydrogen (secondary N) is 1. The Morgan fingerprint density at radius 2 is 2.16 bits per heavy atom. The number of amides is 1. The highest BCUT2D eigenvalue weighted by Crippen LogP contribution is 2.18. The number of hydrogen-bond acceptors (Lipinski definition) is 2. The van der Waals surface area contributed by atoms with Gasteiger partial charge in [0, 0.05) is 23.7 Å². The van der Waals surface area contributed by atoms with Gasteiger partial charge in [-0.05, 0) is 43.4 Å². The van der Waals surface area contributed by atoms with Gasteiger partial charge in [-0.15, -0.1) is 0 Å². The van der Waals surface area contributed by atoms with E-state index in [9.17, 15) is 4.79 Å². The van der Waals surface area contributed by atoms with Crippen molar-refractivity contribution in [3.05, 3.63) is 34.3 Å². The molecule has 2 N–H and O–H groups in total. The van der Waals surface area contributed by atoms with Crippen LogP contribution in [0.4, 0.5) is 0 Å². The van der Waals surface area contributed by atoms with Gasteiger partial charge in [0.2, 0.25) is 0 Å². The largest absolute Gasteiger partial charge is 0.396 e. The lowest BCUT2D eigenvalue weighted by molar-refractivity contribution is 0.0942. The maximum Gasteiger partial charge on any atom is 0.251 e. The zero-order chi connectivity index (χ0) is 14.3. The Morgan fingerprint density at radius 1 is 1.42 bits per heavy atom. The molecule has 106 valence electrons. The lowest BCUT2D eigenvalue weighted by Crippen LogP contribution is -2.30. The van der Waals surface area contributed by atoms with Crippen molar-refractivity contribution in [2.24, 2.45) is 5.92 Å². The molecule has 1 unspecified atom stereocenters. The van der Waals surface area contributed by atoms with E-state index in [1.54, 1.807) is 18.2 Å². The van der Waals surface area contributed by atoms with Gasteiger partial charge in [-0.2, -0.15) is 0 Å². The number of aliphatic hydroxyl groups is 1. The van der Waals surface area contributed by atoms with Gasteiger partial charge in [0.1, 0.15) is 0 Å². The average molecular weight is 284 g/mol. The van der Waals surface area contributed by atoms with E-state index >= 15 is 0 Å². The summed E-state index contributed by atoms with van der Waals surface area (Å²) in [5, 5.41) is 12.5. The van der Waals surface area contributed by atoms with Crippen molar-refractivity contribution >= 4 is 17.5 Å². The summed E-state index contributed by atoms with van der Waals surface area (Å²) in [7, 11) is 0. The van der Waals surface area contributed by atoms with Crippen molar-refractivity contribution < 1.29 is 9.90 Å². The van der Waals surface area contributed by atoms with Crippen molar-refractivity contribution in [3.63, 3.8) is 0 Å². The third kappa shape index (κ3) is 4.84. The smallest absolute Gasteiger partial charge is 0.251 e. The number of carbonyl (C=O) groups is 1. The number of carbonyl (C=O) groups excluding carboxylic acids is 1. The molecule has 1 aromatic carbocycles. The summed E-state index contributed by atoms with van der Waals surface area (Å²) in [6.45, 7) is 4.71. The molecule has 1 atom stereocenters. The first-order valence-corrected chi connectivity index (χ1v) is 7.12. The van der Waals surface area contributed by atoms with Crippen LogP contribution in [0.1, 0.15) is 42.1 Å². The van der Waals surface area contributed by atoms with Gasteiger partial charge in [0.15, 0.2) is 0 Å². The maximum atomic E-state index is 12.1. The first kappa shape index (κ1) is 16.0. The van der Waals surface area contributed by atoms with Crippen LogP contribution in [0.15, 0.2) is 18.2 Å².